The van der Waals surface area contributed by atoms with Gasteiger partial charge < -0.3 is 10.6 Å². The van der Waals surface area contributed by atoms with E-state index in [4.69, 9.17) is 5.73 Å². The van der Waals surface area contributed by atoms with Crippen molar-refractivity contribution < 1.29 is 8.42 Å². The van der Waals surface area contributed by atoms with Crippen LogP contribution in [-0.2, 0) is 16.8 Å². The highest BCUT2D eigenvalue weighted by Gasteiger charge is 2.33. The Morgan fingerprint density at radius 1 is 1.09 bits per heavy atom. The minimum Gasteiger partial charge on any atom is -0.375 e. The van der Waals surface area contributed by atoms with Crippen LogP contribution < -0.4 is 5.73 Å². The summed E-state index contributed by atoms with van der Waals surface area (Å²) in [7, 11) is -1.29. The molecule has 10 heteroatoms. The SMILES string of the molecule is CN1CCN(S(=O)(=O)N2CCN(Cc3cnc(N)s3)CC2)CC1. The van der Waals surface area contributed by atoms with Crippen molar-refractivity contribution >= 4 is 26.7 Å². The molecule has 0 spiro atoms. The van der Waals surface area contributed by atoms with Gasteiger partial charge in [-0.2, -0.15) is 17.0 Å². The third-order valence-corrected chi connectivity index (χ3v) is 7.24. The van der Waals surface area contributed by atoms with E-state index in [0.717, 1.165) is 37.6 Å². The highest BCUT2D eigenvalue weighted by molar-refractivity contribution is 7.86. The number of hydrogen-bond acceptors (Lipinski definition) is 7. The fraction of sp³-hybridized carbons (Fsp3) is 0.769. The molecule has 0 amide bonds. The summed E-state index contributed by atoms with van der Waals surface area (Å²) in [5, 5.41) is 0.580. The Morgan fingerprint density at radius 2 is 1.65 bits per heavy atom. The Labute approximate surface area is 141 Å². The fourth-order valence-corrected chi connectivity index (χ4v) is 5.22. The quantitative estimate of drug-likeness (QED) is 0.767. The van der Waals surface area contributed by atoms with Crippen LogP contribution in [0.25, 0.3) is 0 Å². The van der Waals surface area contributed by atoms with Crippen molar-refractivity contribution in [3.63, 3.8) is 0 Å². The first kappa shape index (κ1) is 17.1. The van der Waals surface area contributed by atoms with E-state index >= 15 is 0 Å². The molecule has 0 saturated carbocycles. The number of aromatic nitrogens is 1. The molecule has 1 aromatic heterocycles. The molecule has 0 atom stereocenters. The zero-order valence-corrected chi connectivity index (χ0v) is 15.0. The number of nitrogens with two attached hydrogens (primary N) is 1. The van der Waals surface area contributed by atoms with Crippen molar-refractivity contribution in [3.05, 3.63) is 11.1 Å². The molecule has 3 heterocycles. The molecule has 0 unspecified atom stereocenters. The number of nitrogens with zero attached hydrogens (tertiary/aromatic N) is 5. The zero-order valence-electron chi connectivity index (χ0n) is 13.4. The summed E-state index contributed by atoms with van der Waals surface area (Å²) >= 11 is 1.49. The first-order valence-electron chi connectivity index (χ1n) is 7.81. The molecule has 0 aliphatic carbocycles. The van der Waals surface area contributed by atoms with Gasteiger partial charge in [-0.15, -0.1) is 11.3 Å². The zero-order chi connectivity index (χ0) is 16.4. The van der Waals surface area contributed by atoms with Gasteiger partial charge in [0, 0.05) is 70.0 Å². The first-order valence-corrected chi connectivity index (χ1v) is 10.0. The van der Waals surface area contributed by atoms with Gasteiger partial charge in [0.15, 0.2) is 5.13 Å². The molecular formula is C13H24N6O2S2. The first-order chi connectivity index (χ1) is 10.9. The molecular weight excluding hydrogens is 336 g/mol. The highest BCUT2D eigenvalue weighted by Crippen LogP contribution is 2.19. The van der Waals surface area contributed by atoms with Crippen molar-refractivity contribution in [1.29, 1.82) is 0 Å². The van der Waals surface area contributed by atoms with Crippen LogP contribution in [-0.4, -0.2) is 91.2 Å². The summed E-state index contributed by atoms with van der Waals surface area (Å²) in [6, 6.07) is 0. The van der Waals surface area contributed by atoms with Gasteiger partial charge in [-0.25, -0.2) is 4.98 Å². The summed E-state index contributed by atoms with van der Waals surface area (Å²) < 4.78 is 28.7. The van der Waals surface area contributed by atoms with Gasteiger partial charge in [-0.3, -0.25) is 4.90 Å². The molecule has 2 aliphatic rings. The van der Waals surface area contributed by atoms with Crippen LogP contribution in [0.4, 0.5) is 5.13 Å². The minimum atomic E-state index is -3.32. The number of rotatable bonds is 4. The Morgan fingerprint density at radius 3 is 2.17 bits per heavy atom. The summed E-state index contributed by atoms with van der Waals surface area (Å²) in [5.41, 5.74) is 5.65. The maximum atomic E-state index is 12.7. The smallest absolute Gasteiger partial charge is 0.282 e. The van der Waals surface area contributed by atoms with E-state index in [2.05, 4.69) is 14.8 Å². The second-order valence-electron chi connectivity index (χ2n) is 6.05. The van der Waals surface area contributed by atoms with Crippen molar-refractivity contribution in [2.24, 2.45) is 0 Å². The fourth-order valence-electron chi connectivity index (χ4n) is 2.92. The number of anilines is 1. The topological polar surface area (TPSA) is 86.0 Å². The summed E-state index contributed by atoms with van der Waals surface area (Å²) in [5.74, 6) is 0. The van der Waals surface area contributed by atoms with Gasteiger partial charge in [-0.1, -0.05) is 0 Å². The molecule has 8 nitrogen and oxygen atoms in total. The summed E-state index contributed by atoms with van der Waals surface area (Å²) in [4.78, 5) is 9.59. The lowest BCUT2D eigenvalue weighted by molar-refractivity contribution is 0.165. The average Bonchev–Trinajstić information content (AvgIpc) is 2.93. The standard InChI is InChI=1S/C13H24N6O2S2/c1-16-2-6-18(7-3-16)23(20,21)19-8-4-17(5-9-19)11-12-10-15-13(14)22-12/h10H,2-9,11H2,1H3,(H2,14,15). The largest absolute Gasteiger partial charge is 0.375 e. The van der Waals surface area contributed by atoms with Crippen LogP contribution in [0.1, 0.15) is 4.88 Å². The van der Waals surface area contributed by atoms with E-state index < -0.39 is 10.2 Å². The summed E-state index contributed by atoms with van der Waals surface area (Å²) in [6.07, 6.45) is 1.80. The molecule has 2 saturated heterocycles. The number of piperazine rings is 2. The van der Waals surface area contributed by atoms with Gasteiger partial charge >= 0.3 is 0 Å². The highest BCUT2D eigenvalue weighted by atomic mass is 32.2. The van der Waals surface area contributed by atoms with Gasteiger partial charge in [0.2, 0.25) is 0 Å². The lowest BCUT2D eigenvalue weighted by atomic mass is 10.3. The van der Waals surface area contributed by atoms with Crippen molar-refractivity contribution in [2.75, 3.05) is 65.1 Å². The molecule has 0 bridgehead atoms. The van der Waals surface area contributed by atoms with Crippen LogP contribution in [0.5, 0.6) is 0 Å². The summed E-state index contributed by atoms with van der Waals surface area (Å²) in [6.45, 7) is 6.12. The predicted octanol–water partition coefficient (Wildman–Crippen LogP) is -0.665. The van der Waals surface area contributed by atoms with Crippen LogP contribution in [0.15, 0.2) is 6.20 Å². The Bertz CT molecular complexity index is 618. The number of thiazole rings is 1. The van der Waals surface area contributed by atoms with E-state index in [0.29, 0.717) is 31.3 Å². The normalized spacial score (nSPS) is 23.3. The number of hydrogen-bond donors (Lipinski definition) is 1. The second kappa shape index (κ2) is 6.99. The van der Waals surface area contributed by atoms with Gasteiger partial charge in [0.05, 0.1) is 0 Å². The molecule has 1 aromatic rings. The van der Waals surface area contributed by atoms with Crippen molar-refractivity contribution in [3.8, 4) is 0 Å². The Hall–Kier alpha value is -0.780. The van der Waals surface area contributed by atoms with Gasteiger partial charge in [-0.05, 0) is 7.05 Å². The van der Waals surface area contributed by atoms with E-state index in [1.54, 1.807) is 14.8 Å². The molecule has 0 aromatic carbocycles. The van der Waals surface area contributed by atoms with Crippen LogP contribution in [0, 0.1) is 0 Å². The third kappa shape index (κ3) is 4.01. The molecule has 2 N–H and O–H groups in total. The molecule has 3 rings (SSSR count). The average molecular weight is 361 g/mol. The van der Waals surface area contributed by atoms with E-state index in [9.17, 15) is 8.42 Å². The van der Waals surface area contributed by atoms with Crippen molar-refractivity contribution in [2.45, 2.75) is 6.54 Å². The number of nitrogen functional groups attached to an aromatic ring is 1. The molecule has 23 heavy (non-hydrogen) atoms. The predicted molar refractivity (Wildman–Crippen MR) is 91.4 cm³/mol. The van der Waals surface area contributed by atoms with Gasteiger partial charge in [0.25, 0.3) is 10.2 Å². The van der Waals surface area contributed by atoms with E-state index in [-0.39, 0.29) is 0 Å². The molecule has 2 aliphatic heterocycles. The monoisotopic (exact) mass is 360 g/mol. The van der Waals surface area contributed by atoms with Crippen LogP contribution in [0.3, 0.4) is 0 Å². The Balaban J connectivity index is 1.53. The maximum absolute atomic E-state index is 12.7. The van der Waals surface area contributed by atoms with Gasteiger partial charge in [0.1, 0.15) is 0 Å². The van der Waals surface area contributed by atoms with E-state index in [1.807, 2.05) is 7.05 Å². The van der Waals surface area contributed by atoms with Crippen LogP contribution >= 0.6 is 11.3 Å². The molecule has 2 fully saturated rings. The second-order valence-corrected chi connectivity index (χ2v) is 9.13. The maximum Gasteiger partial charge on any atom is 0.282 e. The molecule has 0 radical (unpaired) electrons. The number of likely N-dealkylation sites (N-methyl/N-ethyl adjacent to an activating group) is 1. The lowest BCUT2D eigenvalue weighted by Gasteiger charge is -2.38. The third-order valence-electron chi connectivity index (χ3n) is 4.40. The van der Waals surface area contributed by atoms with Crippen molar-refractivity contribution in [1.82, 2.24) is 23.4 Å². The molecule has 130 valence electrons. The Kier molecular flexibility index (Phi) is 5.19. The van der Waals surface area contributed by atoms with E-state index in [1.165, 1.54) is 11.3 Å². The van der Waals surface area contributed by atoms with Crippen LogP contribution in [0.2, 0.25) is 0 Å². The lowest BCUT2D eigenvalue weighted by Crippen LogP contribution is -2.56. The minimum absolute atomic E-state index is 0.545.